The van der Waals surface area contributed by atoms with E-state index in [1.54, 1.807) is 78.9 Å². The molecule has 11 heteroatoms. The van der Waals surface area contributed by atoms with Gasteiger partial charge in [-0.05, 0) is 54.1 Å². The normalized spacial score (nSPS) is 12.4. The van der Waals surface area contributed by atoms with Crippen molar-refractivity contribution < 1.29 is 28.4 Å². The molecular formula is C28H20N4O7. The third-order valence-electron chi connectivity index (χ3n) is 5.59. The zero-order valence-electron chi connectivity index (χ0n) is 20.2. The summed E-state index contributed by atoms with van der Waals surface area (Å²) in [6, 6.07) is 22.8. The van der Waals surface area contributed by atoms with Gasteiger partial charge in [-0.25, -0.2) is 5.43 Å². The number of hydrogen-bond acceptors (Lipinski definition) is 8. The molecule has 2 N–H and O–H groups in total. The molecule has 0 bridgehead atoms. The maximum Gasteiger partial charge on any atom is 0.287 e. The van der Waals surface area contributed by atoms with Crippen molar-refractivity contribution in [1.29, 1.82) is 0 Å². The molecule has 0 atom stereocenters. The molecule has 0 radical (unpaired) electrons. The highest BCUT2D eigenvalue weighted by molar-refractivity contribution is 6.05. The fraction of sp³-hybridized carbons (Fsp3) is 0.0357. The first-order valence-electron chi connectivity index (χ1n) is 11.6. The van der Waals surface area contributed by atoms with E-state index < -0.39 is 16.7 Å². The number of fused-ring (bicyclic) bond motifs is 1. The standard InChI is InChI=1S/C28H20N4O7/c33-27(19-6-2-1-3-7-19)30-22(14-18-10-12-25-26(15-18)38-17-37-25)28(34)31-29-16-20-11-13-24(39-20)21-8-4-5-9-23(21)32(35)36/h1-16H,17H2,(H,30,33)(H,31,34)/b22-14+,29-16+. The van der Waals surface area contributed by atoms with E-state index in [-0.39, 0.29) is 29.7 Å². The van der Waals surface area contributed by atoms with Crippen LogP contribution in [0.5, 0.6) is 11.5 Å². The van der Waals surface area contributed by atoms with Gasteiger partial charge in [0.2, 0.25) is 6.79 Å². The number of rotatable bonds is 8. The monoisotopic (exact) mass is 524 g/mol. The van der Waals surface area contributed by atoms with Crippen LogP contribution in [0.4, 0.5) is 5.69 Å². The second-order valence-electron chi connectivity index (χ2n) is 8.17. The maximum atomic E-state index is 13.0. The summed E-state index contributed by atoms with van der Waals surface area (Å²) in [4.78, 5) is 36.6. The lowest BCUT2D eigenvalue weighted by molar-refractivity contribution is -0.384. The molecule has 1 aliphatic heterocycles. The van der Waals surface area contributed by atoms with E-state index in [4.69, 9.17) is 13.9 Å². The summed E-state index contributed by atoms with van der Waals surface area (Å²) in [6.45, 7) is 0.0986. The highest BCUT2D eigenvalue weighted by Gasteiger charge is 2.18. The van der Waals surface area contributed by atoms with Crippen molar-refractivity contribution in [1.82, 2.24) is 10.7 Å². The SMILES string of the molecule is O=C(N/N=C/c1ccc(-c2ccccc2[N+](=O)[O-])o1)/C(=C\c1ccc2c(c1)OCO2)NC(=O)c1ccccc1. The molecule has 194 valence electrons. The predicted molar refractivity (Wildman–Crippen MR) is 141 cm³/mol. The molecule has 0 spiro atoms. The Labute approximate surface area is 221 Å². The second-order valence-corrected chi connectivity index (χ2v) is 8.17. The number of carbonyl (C=O) groups is 2. The van der Waals surface area contributed by atoms with Crippen LogP contribution in [0.25, 0.3) is 17.4 Å². The third-order valence-corrected chi connectivity index (χ3v) is 5.59. The Morgan fingerprint density at radius 1 is 0.923 bits per heavy atom. The van der Waals surface area contributed by atoms with Crippen LogP contribution in [-0.4, -0.2) is 29.7 Å². The summed E-state index contributed by atoms with van der Waals surface area (Å²) in [6.07, 6.45) is 2.72. The number of nitro groups is 1. The summed E-state index contributed by atoms with van der Waals surface area (Å²) < 4.78 is 16.4. The topological polar surface area (TPSA) is 145 Å². The van der Waals surface area contributed by atoms with Crippen LogP contribution in [0.2, 0.25) is 0 Å². The molecule has 0 fully saturated rings. The molecule has 0 unspecified atom stereocenters. The lowest BCUT2D eigenvalue weighted by Gasteiger charge is -2.09. The number of nitrogens with one attached hydrogen (secondary N) is 2. The number of hydrazone groups is 1. The van der Waals surface area contributed by atoms with E-state index in [1.165, 1.54) is 18.4 Å². The quantitative estimate of drug-likeness (QED) is 0.149. The number of nitrogens with zero attached hydrogens (tertiary/aromatic N) is 2. The zero-order chi connectivity index (χ0) is 27.2. The van der Waals surface area contributed by atoms with Crippen molar-refractivity contribution in [2.24, 2.45) is 5.10 Å². The lowest BCUT2D eigenvalue weighted by atomic mass is 10.1. The number of benzene rings is 3. The Hall–Kier alpha value is -5.71. The van der Waals surface area contributed by atoms with Gasteiger partial charge in [0.25, 0.3) is 17.5 Å². The summed E-state index contributed by atoms with van der Waals surface area (Å²) in [5.74, 6) is 0.435. The van der Waals surface area contributed by atoms with Crippen molar-refractivity contribution in [3.05, 3.63) is 118 Å². The van der Waals surface area contributed by atoms with Gasteiger partial charge < -0.3 is 19.2 Å². The zero-order valence-corrected chi connectivity index (χ0v) is 20.2. The van der Waals surface area contributed by atoms with Gasteiger partial charge in [-0.3, -0.25) is 19.7 Å². The second kappa shape index (κ2) is 11.1. The Bertz CT molecular complexity index is 1610. The van der Waals surface area contributed by atoms with E-state index in [1.807, 2.05) is 0 Å². The average Bonchev–Trinajstić information content (AvgIpc) is 3.62. The molecule has 39 heavy (non-hydrogen) atoms. The molecular weight excluding hydrogens is 504 g/mol. The minimum atomic E-state index is -0.696. The fourth-order valence-corrected chi connectivity index (χ4v) is 3.73. The van der Waals surface area contributed by atoms with Gasteiger partial charge in [-0.2, -0.15) is 5.10 Å². The number of nitro benzene ring substituents is 1. The summed E-state index contributed by atoms with van der Waals surface area (Å²) in [5, 5.41) is 17.8. The number of furan rings is 1. The highest BCUT2D eigenvalue weighted by atomic mass is 16.7. The molecule has 0 saturated carbocycles. The highest BCUT2D eigenvalue weighted by Crippen LogP contribution is 2.33. The number of ether oxygens (including phenoxy) is 2. The Morgan fingerprint density at radius 3 is 2.51 bits per heavy atom. The van der Waals surface area contributed by atoms with E-state index in [0.29, 0.717) is 28.2 Å². The molecule has 0 saturated heterocycles. The van der Waals surface area contributed by atoms with Gasteiger partial charge in [0, 0.05) is 11.6 Å². The average molecular weight is 524 g/mol. The predicted octanol–water partition coefficient (Wildman–Crippen LogP) is 4.50. The molecule has 1 aliphatic rings. The van der Waals surface area contributed by atoms with Crippen molar-refractivity contribution >= 4 is 29.8 Å². The van der Waals surface area contributed by atoms with Crippen molar-refractivity contribution in [3.63, 3.8) is 0 Å². The maximum absolute atomic E-state index is 13.0. The van der Waals surface area contributed by atoms with Gasteiger partial charge in [0.15, 0.2) is 11.5 Å². The van der Waals surface area contributed by atoms with Gasteiger partial charge >= 0.3 is 0 Å². The van der Waals surface area contributed by atoms with Crippen LogP contribution >= 0.6 is 0 Å². The van der Waals surface area contributed by atoms with Crippen LogP contribution in [0.1, 0.15) is 21.7 Å². The number of hydrogen-bond donors (Lipinski definition) is 2. The van der Waals surface area contributed by atoms with Crippen LogP contribution in [0.3, 0.4) is 0 Å². The van der Waals surface area contributed by atoms with E-state index in [2.05, 4.69) is 15.8 Å². The van der Waals surface area contributed by atoms with E-state index >= 15 is 0 Å². The largest absolute Gasteiger partial charge is 0.455 e. The molecule has 1 aromatic heterocycles. The van der Waals surface area contributed by atoms with Crippen molar-refractivity contribution in [2.75, 3.05) is 6.79 Å². The van der Waals surface area contributed by atoms with Gasteiger partial charge in [-0.15, -0.1) is 0 Å². The Morgan fingerprint density at radius 2 is 1.69 bits per heavy atom. The first-order chi connectivity index (χ1) is 19.0. The molecule has 2 amide bonds. The molecule has 2 heterocycles. The minimum absolute atomic E-state index is 0.0695. The number of para-hydroxylation sites is 1. The van der Waals surface area contributed by atoms with Gasteiger partial charge in [0.05, 0.1) is 16.7 Å². The van der Waals surface area contributed by atoms with Gasteiger partial charge in [-0.1, -0.05) is 36.4 Å². The fourth-order valence-electron chi connectivity index (χ4n) is 3.73. The van der Waals surface area contributed by atoms with E-state index in [9.17, 15) is 19.7 Å². The Balaban J connectivity index is 1.34. The molecule has 5 rings (SSSR count). The van der Waals surface area contributed by atoms with Crippen LogP contribution < -0.4 is 20.2 Å². The lowest BCUT2D eigenvalue weighted by Crippen LogP contribution is -2.32. The molecule has 11 nitrogen and oxygen atoms in total. The van der Waals surface area contributed by atoms with E-state index in [0.717, 1.165) is 0 Å². The summed E-state index contributed by atoms with van der Waals surface area (Å²) in [7, 11) is 0. The first kappa shape index (κ1) is 25.0. The first-order valence-corrected chi connectivity index (χ1v) is 11.6. The van der Waals surface area contributed by atoms with Crippen molar-refractivity contribution in [2.45, 2.75) is 0 Å². The minimum Gasteiger partial charge on any atom is -0.455 e. The molecule has 0 aliphatic carbocycles. The number of carbonyl (C=O) groups excluding carboxylic acids is 2. The summed E-state index contributed by atoms with van der Waals surface area (Å²) in [5.41, 5.74) is 3.45. The molecule has 3 aromatic carbocycles. The van der Waals surface area contributed by atoms with Crippen molar-refractivity contribution in [3.8, 4) is 22.8 Å². The van der Waals surface area contributed by atoms with Crippen LogP contribution in [-0.2, 0) is 4.79 Å². The van der Waals surface area contributed by atoms with Crippen LogP contribution in [0.15, 0.2) is 100 Å². The number of amides is 2. The third kappa shape index (κ3) is 5.83. The Kier molecular flexibility index (Phi) is 7.13. The summed E-state index contributed by atoms with van der Waals surface area (Å²) >= 11 is 0. The van der Waals surface area contributed by atoms with Gasteiger partial charge in [0.1, 0.15) is 17.2 Å². The van der Waals surface area contributed by atoms with Crippen LogP contribution in [0, 0.1) is 10.1 Å². The molecule has 4 aromatic rings. The smallest absolute Gasteiger partial charge is 0.287 e.